The molecule has 1 aliphatic rings. The van der Waals surface area contributed by atoms with E-state index < -0.39 is 15.6 Å². The van der Waals surface area contributed by atoms with Crippen molar-refractivity contribution in [3.05, 3.63) is 29.8 Å². The molecule has 0 radical (unpaired) electrons. The molecule has 0 saturated carbocycles. The fraction of sp³-hybridized carbons (Fsp3) is 0.500. The number of ketones is 1. The van der Waals surface area contributed by atoms with Gasteiger partial charge >= 0.3 is 0 Å². The molecule has 20 heavy (non-hydrogen) atoms. The van der Waals surface area contributed by atoms with Gasteiger partial charge in [-0.3, -0.25) is 4.79 Å². The summed E-state index contributed by atoms with van der Waals surface area (Å²) in [5.41, 5.74) is -0.296. The molecule has 1 aliphatic heterocycles. The number of hydrogen-bond donors (Lipinski definition) is 1. The number of Topliss-reactive ketones (excluding diaryl/α,β-unsaturated/α-hetero) is 1. The third-order valence-electron chi connectivity index (χ3n) is 3.70. The van der Waals surface area contributed by atoms with Crippen LogP contribution in [0.5, 0.6) is 0 Å². The Morgan fingerprint density at radius 1 is 1.20 bits per heavy atom. The van der Waals surface area contributed by atoms with Crippen molar-refractivity contribution in [3.8, 4) is 0 Å². The zero-order valence-corrected chi connectivity index (χ0v) is 12.5. The molecule has 1 N–H and O–H groups in total. The summed E-state index contributed by atoms with van der Waals surface area (Å²) in [6, 6.07) is 5.96. The van der Waals surface area contributed by atoms with Gasteiger partial charge in [0, 0.05) is 18.7 Å². The van der Waals surface area contributed by atoms with Crippen molar-refractivity contribution in [2.75, 3.05) is 13.1 Å². The molecule has 1 aromatic carbocycles. The Labute approximate surface area is 119 Å². The maximum Gasteiger partial charge on any atom is 0.243 e. The Hall–Kier alpha value is -1.24. The van der Waals surface area contributed by atoms with Crippen LogP contribution in [0, 0.1) is 0 Å². The summed E-state index contributed by atoms with van der Waals surface area (Å²) in [5, 5.41) is 9.87. The highest BCUT2D eigenvalue weighted by Crippen LogP contribution is 2.26. The average Bonchev–Trinajstić information content (AvgIpc) is 2.38. The number of sulfonamides is 1. The van der Waals surface area contributed by atoms with Gasteiger partial charge in [-0.2, -0.15) is 4.31 Å². The van der Waals surface area contributed by atoms with Crippen LogP contribution in [0.3, 0.4) is 0 Å². The Kier molecular flexibility index (Phi) is 4.00. The average molecular weight is 297 g/mol. The van der Waals surface area contributed by atoms with Gasteiger partial charge in [0.1, 0.15) is 0 Å². The van der Waals surface area contributed by atoms with E-state index in [0.29, 0.717) is 31.5 Å². The van der Waals surface area contributed by atoms with Gasteiger partial charge in [0.25, 0.3) is 0 Å². The summed E-state index contributed by atoms with van der Waals surface area (Å²) in [7, 11) is -3.54. The molecular weight excluding hydrogens is 278 g/mol. The van der Waals surface area contributed by atoms with Gasteiger partial charge in [0.15, 0.2) is 5.78 Å². The first-order valence-electron chi connectivity index (χ1n) is 6.56. The fourth-order valence-corrected chi connectivity index (χ4v) is 3.66. The second-order valence-corrected chi connectivity index (χ2v) is 7.42. The van der Waals surface area contributed by atoms with Crippen LogP contribution in [0.25, 0.3) is 0 Å². The number of carbonyl (C=O) groups is 1. The monoisotopic (exact) mass is 297 g/mol. The predicted molar refractivity (Wildman–Crippen MR) is 75.1 cm³/mol. The second-order valence-electron chi connectivity index (χ2n) is 5.48. The summed E-state index contributed by atoms with van der Waals surface area (Å²) < 4.78 is 26.3. The van der Waals surface area contributed by atoms with Gasteiger partial charge in [-0.25, -0.2) is 8.42 Å². The van der Waals surface area contributed by atoms with Crippen molar-refractivity contribution in [3.63, 3.8) is 0 Å². The molecule has 0 spiro atoms. The minimum Gasteiger partial charge on any atom is -0.390 e. The highest BCUT2D eigenvalue weighted by molar-refractivity contribution is 7.89. The molecule has 0 atom stereocenters. The summed E-state index contributed by atoms with van der Waals surface area (Å²) in [6.07, 6.45) is 0.857. The first kappa shape index (κ1) is 15.2. The third kappa shape index (κ3) is 3.08. The Morgan fingerprint density at radius 3 is 2.15 bits per heavy atom. The molecule has 0 bridgehead atoms. The highest BCUT2D eigenvalue weighted by Gasteiger charge is 2.33. The van der Waals surface area contributed by atoms with Crippen LogP contribution in [0.4, 0.5) is 0 Å². The van der Waals surface area contributed by atoms with Gasteiger partial charge in [0.05, 0.1) is 10.5 Å². The number of rotatable bonds is 3. The zero-order chi connectivity index (χ0) is 15.0. The molecule has 0 unspecified atom stereocenters. The molecule has 0 aliphatic carbocycles. The Balaban J connectivity index is 2.20. The van der Waals surface area contributed by atoms with Crippen LogP contribution in [-0.2, 0) is 10.0 Å². The standard InChI is InChI=1S/C14H19NO4S/c1-11(16)12-3-5-13(6-4-12)20(18,19)15-9-7-14(2,17)8-10-15/h3-6,17H,7-10H2,1-2H3. The Morgan fingerprint density at radius 2 is 1.70 bits per heavy atom. The van der Waals surface area contributed by atoms with Gasteiger partial charge < -0.3 is 5.11 Å². The number of hydrogen-bond acceptors (Lipinski definition) is 4. The van der Waals surface area contributed by atoms with Crippen molar-refractivity contribution < 1.29 is 18.3 Å². The van der Waals surface area contributed by atoms with Crippen molar-refractivity contribution >= 4 is 15.8 Å². The highest BCUT2D eigenvalue weighted by atomic mass is 32.2. The van der Waals surface area contributed by atoms with Crippen LogP contribution in [0.2, 0.25) is 0 Å². The Bertz CT molecular complexity index is 595. The topological polar surface area (TPSA) is 74.7 Å². The first-order chi connectivity index (χ1) is 9.22. The van der Waals surface area contributed by atoms with Gasteiger partial charge in [-0.15, -0.1) is 0 Å². The van der Waals surface area contributed by atoms with E-state index >= 15 is 0 Å². The third-order valence-corrected chi connectivity index (χ3v) is 5.61. The first-order valence-corrected chi connectivity index (χ1v) is 8.00. The summed E-state index contributed by atoms with van der Waals surface area (Å²) in [5.74, 6) is -0.0945. The van der Waals surface area contributed by atoms with E-state index in [-0.39, 0.29) is 10.7 Å². The van der Waals surface area contributed by atoms with Crippen molar-refractivity contribution in [2.24, 2.45) is 0 Å². The van der Waals surface area contributed by atoms with Gasteiger partial charge in [-0.05, 0) is 38.8 Å². The van der Waals surface area contributed by atoms with Crippen LogP contribution in [-0.4, -0.2) is 42.3 Å². The fourth-order valence-electron chi connectivity index (χ4n) is 2.22. The van der Waals surface area contributed by atoms with Crippen molar-refractivity contribution in [1.29, 1.82) is 0 Å². The molecular formula is C14H19NO4S. The predicted octanol–water partition coefficient (Wildman–Crippen LogP) is 1.42. The van der Waals surface area contributed by atoms with Crippen molar-refractivity contribution in [1.82, 2.24) is 4.31 Å². The van der Waals surface area contributed by atoms with Gasteiger partial charge in [0.2, 0.25) is 10.0 Å². The molecule has 1 heterocycles. The van der Waals surface area contributed by atoms with Crippen LogP contribution in [0.15, 0.2) is 29.2 Å². The van der Waals surface area contributed by atoms with E-state index in [4.69, 9.17) is 0 Å². The van der Waals surface area contributed by atoms with E-state index in [9.17, 15) is 18.3 Å². The summed E-state index contributed by atoms with van der Waals surface area (Å²) in [4.78, 5) is 11.4. The number of carbonyl (C=O) groups excluding carboxylic acids is 1. The number of nitrogens with zero attached hydrogens (tertiary/aromatic N) is 1. The summed E-state index contributed by atoms with van der Waals surface area (Å²) >= 11 is 0. The van der Waals surface area contributed by atoms with E-state index in [1.54, 1.807) is 6.92 Å². The lowest BCUT2D eigenvalue weighted by Crippen LogP contribution is -2.45. The molecule has 6 heteroatoms. The normalized spacial score (nSPS) is 19.8. The second kappa shape index (κ2) is 5.27. The lowest BCUT2D eigenvalue weighted by Gasteiger charge is -2.34. The lowest BCUT2D eigenvalue weighted by molar-refractivity contribution is 0.0126. The quantitative estimate of drug-likeness (QED) is 0.856. The van der Waals surface area contributed by atoms with Crippen LogP contribution in [0.1, 0.15) is 37.0 Å². The zero-order valence-electron chi connectivity index (χ0n) is 11.7. The molecule has 0 amide bonds. The van der Waals surface area contributed by atoms with E-state index in [1.165, 1.54) is 35.5 Å². The van der Waals surface area contributed by atoms with E-state index in [0.717, 1.165) is 0 Å². The molecule has 1 saturated heterocycles. The molecule has 1 fully saturated rings. The molecule has 110 valence electrons. The summed E-state index contributed by atoms with van der Waals surface area (Å²) in [6.45, 7) is 3.78. The van der Waals surface area contributed by atoms with Crippen LogP contribution < -0.4 is 0 Å². The molecule has 0 aromatic heterocycles. The number of aliphatic hydroxyl groups is 1. The van der Waals surface area contributed by atoms with Crippen LogP contribution >= 0.6 is 0 Å². The largest absolute Gasteiger partial charge is 0.390 e. The number of benzene rings is 1. The minimum atomic E-state index is -3.54. The van der Waals surface area contributed by atoms with Gasteiger partial charge in [-0.1, -0.05) is 12.1 Å². The SMILES string of the molecule is CC(=O)c1ccc(S(=O)(=O)N2CCC(C)(O)CC2)cc1. The van der Waals surface area contributed by atoms with E-state index in [2.05, 4.69) is 0 Å². The maximum atomic E-state index is 12.4. The molecule has 5 nitrogen and oxygen atoms in total. The van der Waals surface area contributed by atoms with Crippen molar-refractivity contribution in [2.45, 2.75) is 37.2 Å². The molecule has 1 aromatic rings. The molecule has 2 rings (SSSR count). The lowest BCUT2D eigenvalue weighted by atomic mass is 9.95. The number of piperidine rings is 1. The minimum absolute atomic E-state index is 0.0945. The maximum absolute atomic E-state index is 12.4. The smallest absolute Gasteiger partial charge is 0.243 e. The van der Waals surface area contributed by atoms with E-state index in [1.807, 2.05) is 0 Å².